The first-order chi connectivity index (χ1) is 14.9. The highest BCUT2D eigenvalue weighted by molar-refractivity contribution is 7.99. The van der Waals surface area contributed by atoms with Crippen LogP contribution in [0, 0.1) is 24.7 Å². The topological polar surface area (TPSA) is 111 Å². The van der Waals surface area contributed by atoms with E-state index in [0.717, 1.165) is 23.2 Å². The van der Waals surface area contributed by atoms with Crippen molar-refractivity contribution in [3.63, 3.8) is 0 Å². The minimum Gasteiger partial charge on any atom is -0.494 e. The molecular weight excluding hydrogens is 416 g/mol. The Labute approximate surface area is 185 Å². The molecule has 0 radical (unpaired) electrons. The molecule has 2 aliphatic rings. The fraction of sp³-hybridized carbons (Fsp3) is 0.571. The van der Waals surface area contributed by atoms with Crippen molar-refractivity contribution in [3.8, 4) is 11.4 Å². The summed E-state index contributed by atoms with van der Waals surface area (Å²) in [5, 5.41) is 17.5. The van der Waals surface area contributed by atoms with Crippen molar-refractivity contribution < 1.29 is 14.3 Å². The third-order valence-corrected chi connectivity index (χ3v) is 7.30. The van der Waals surface area contributed by atoms with Gasteiger partial charge in [-0.3, -0.25) is 10.1 Å². The molecule has 1 heterocycles. The number of carbonyl (C=O) groups excluding carboxylic acids is 2. The fourth-order valence-electron chi connectivity index (χ4n) is 4.93. The summed E-state index contributed by atoms with van der Waals surface area (Å²) in [4.78, 5) is 24.6. The summed E-state index contributed by atoms with van der Waals surface area (Å²) in [6, 6.07) is 5.31. The van der Waals surface area contributed by atoms with Crippen molar-refractivity contribution in [2.75, 3.05) is 12.9 Å². The zero-order chi connectivity index (χ0) is 22.0. The van der Waals surface area contributed by atoms with Crippen molar-refractivity contribution in [2.24, 2.45) is 17.8 Å². The maximum absolute atomic E-state index is 12.3. The van der Waals surface area contributed by atoms with E-state index in [1.165, 1.54) is 30.4 Å². The molecule has 2 fully saturated rings. The molecule has 2 bridgehead atoms. The minimum absolute atomic E-state index is 0.0183. The Bertz CT molecular complexity index is 964. The van der Waals surface area contributed by atoms with E-state index in [-0.39, 0.29) is 11.8 Å². The summed E-state index contributed by atoms with van der Waals surface area (Å²) in [5.74, 6) is 2.29. The van der Waals surface area contributed by atoms with Crippen LogP contribution in [0.4, 0.5) is 4.79 Å². The quantitative estimate of drug-likeness (QED) is 0.632. The van der Waals surface area contributed by atoms with E-state index in [1.807, 2.05) is 32.0 Å². The zero-order valence-corrected chi connectivity index (χ0v) is 18.8. The normalized spacial score (nSPS) is 22.9. The molecule has 2 N–H and O–H groups in total. The standard InChI is InChI=1S/C21H28N6O3S/c1-12-4-7-18(30-3)17(8-12)27-21(24-25-26-27)31-11-19(28)23-20(29)22-13(2)16-10-14-5-6-15(16)9-14/h4,7-8,13-16H,5-6,9-11H2,1-3H3,(H2,22,23,28,29). The number of aryl methyl sites for hydroxylation is 1. The number of amides is 3. The molecule has 2 aromatic rings. The molecule has 1 aromatic heterocycles. The van der Waals surface area contributed by atoms with Crippen molar-refractivity contribution in [2.45, 2.75) is 50.7 Å². The number of imide groups is 1. The van der Waals surface area contributed by atoms with Crippen LogP contribution in [0.15, 0.2) is 23.4 Å². The number of rotatable bonds is 7. The lowest BCUT2D eigenvalue weighted by molar-refractivity contribution is -0.117. The Kier molecular flexibility index (Phi) is 6.45. The lowest BCUT2D eigenvalue weighted by Gasteiger charge is -2.28. The van der Waals surface area contributed by atoms with Gasteiger partial charge in [-0.05, 0) is 79.0 Å². The number of methoxy groups -OCH3 is 1. The van der Waals surface area contributed by atoms with Crippen molar-refractivity contribution in [1.29, 1.82) is 0 Å². The van der Waals surface area contributed by atoms with Gasteiger partial charge in [0.15, 0.2) is 0 Å². The summed E-state index contributed by atoms with van der Waals surface area (Å²) < 4.78 is 6.93. The number of carbonyl (C=O) groups is 2. The third-order valence-electron chi connectivity index (χ3n) is 6.38. The predicted molar refractivity (Wildman–Crippen MR) is 116 cm³/mol. The summed E-state index contributed by atoms with van der Waals surface area (Å²) in [6.45, 7) is 4.00. The van der Waals surface area contributed by atoms with Crippen LogP contribution >= 0.6 is 11.8 Å². The van der Waals surface area contributed by atoms with E-state index in [2.05, 4.69) is 26.2 Å². The van der Waals surface area contributed by atoms with Gasteiger partial charge in [-0.15, -0.1) is 5.10 Å². The number of ether oxygens (including phenoxy) is 1. The van der Waals surface area contributed by atoms with E-state index in [1.54, 1.807) is 7.11 Å². The molecule has 2 saturated carbocycles. The number of fused-ring (bicyclic) bond motifs is 2. The van der Waals surface area contributed by atoms with Crippen LogP contribution < -0.4 is 15.4 Å². The largest absolute Gasteiger partial charge is 0.494 e. The number of tetrazole rings is 1. The van der Waals surface area contributed by atoms with E-state index in [9.17, 15) is 9.59 Å². The van der Waals surface area contributed by atoms with Gasteiger partial charge in [-0.2, -0.15) is 4.68 Å². The molecule has 0 aliphatic heterocycles. The van der Waals surface area contributed by atoms with Crippen LogP contribution in [-0.2, 0) is 4.79 Å². The Balaban J connectivity index is 1.30. The molecule has 9 nitrogen and oxygen atoms in total. The second kappa shape index (κ2) is 9.25. The third kappa shape index (κ3) is 4.84. The lowest BCUT2D eigenvalue weighted by atomic mass is 9.84. The first-order valence-corrected chi connectivity index (χ1v) is 11.6. The molecule has 31 heavy (non-hydrogen) atoms. The number of hydrogen-bond donors (Lipinski definition) is 2. The number of hydrogen-bond acceptors (Lipinski definition) is 7. The molecule has 4 unspecified atom stereocenters. The number of nitrogens with one attached hydrogen (secondary N) is 2. The molecule has 4 rings (SSSR count). The zero-order valence-electron chi connectivity index (χ0n) is 18.0. The van der Waals surface area contributed by atoms with Crippen LogP contribution in [0.2, 0.25) is 0 Å². The summed E-state index contributed by atoms with van der Waals surface area (Å²) in [5.41, 5.74) is 1.72. The highest BCUT2D eigenvalue weighted by Crippen LogP contribution is 2.49. The molecule has 2 aliphatic carbocycles. The van der Waals surface area contributed by atoms with Crippen molar-refractivity contribution in [1.82, 2.24) is 30.8 Å². The van der Waals surface area contributed by atoms with Gasteiger partial charge < -0.3 is 10.1 Å². The summed E-state index contributed by atoms with van der Waals surface area (Å²) in [6.07, 6.45) is 5.05. The fourth-order valence-corrected chi connectivity index (χ4v) is 5.62. The van der Waals surface area contributed by atoms with Crippen molar-refractivity contribution in [3.05, 3.63) is 23.8 Å². The van der Waals surface area contributed by atoms with Gasteiger partial charge in [-0.25, -0.2) is 4.79 Å². The van der Waals surface area contributed by atoms with E-state index in [4.69, 9.17) is 4.74 Å². The Morgan fingerprint density at radius 3 is 2.87 bits per heavy atom. The number of aromatic nitrogens is 4. The van der Waals surface area contributed by atoms with Gasteiger partial charge in [0.05, 0.1) is 12.9 Å². The highest BCUT2D eigenvalue weighted by Gasteiger charge is 2.42. The molecule has 166 valence electrons. The maximum Gasteiger partial charge on any atom is 0.321 e. The van der Waals surface area contributed by atoms with Gasteiger partial charge >= 0.3 is 6.03 Å². The first kappa shape index (κ1) is 21.6. The minimum atomic E-state index is -0.444. The lowest BCUT2D eigenvalue weighted by Crippen LogP contribution is -2.47. The second-order valence-electron chi connectivity index (χ2n) is 8.49. The van der Waals surface area contributed by atoms with Gasteiger partial charge in [0.2, 0.25) is 11.1 Å². The number of thioether (sulfide) groups is 1. The molecular formula is C21H28N6O3S. The van der Waals surface area contributed by atoms with Gasteiger partial charge in [-0.1, -0.05) is 24.2 Å². The molecule has 1 aromatic carbocycles. The molecule has 0 spiro atoms. The Hall–Kier alpha value is -2.62. The number of nitrogens with zero attached hydrogens (tertiary/aromatic N) is 4. The van der Waals surface area contributed by atoms with Crippen LogP contribution in [0.5, 0.6) is 5.75 Å². The highest BCUT2D eigenvalue weighted by atomic mass is 32.2. The van der Waals surface area contributed by atoms with Crippen LogP contribution in [0.1, 0.15) is 38.2 Å². The Morgan fingerprint density at radius 2 is 2.16 bits per heavy atom. The molecule has 0 saturated heterocycles. The molecule has 3 amide bonds. The molecule has 4 atom stereocenters. The summed E-state index contributed by atoms with van der Waals surface area (Å²) >= 11 is 1.16. The van der Waals surface area contributed by atoms with Gasteiger partial charge in [0.25, 0.3) is 0 Å². The van der Waals surface area contributed by atoms with Crippen LogP contribution in [0.25, 0.3) is 5.69 Å². The van der Waals surface area contributed by atoms with E-state index < -0.39 is 11.9 Å². The van der Waals surface area contributed by atoms with E-state index >= 15 is 0 Å². The monoisotopic (exact) mass is 444 g/mol. The Morgan fingerprint density at radius 1 is 1.32 bits per heavy atom. The van der Waals surface area contributed by atoms with Crippen molar-refractivity contribution >= 4 is 23.7 Å². The van der Waals surface area contributed by atoms with E-state index in [0.29, 0.717) is 28.4 Å². The van der Waals surface area contributed by atoms with Gasteiger partial charge in [0.1, 0.15) is 11.4 Å². The SMILES string of the molecule is COc1ccc(C)cc1-n1nnnc1SCC(=O)NC(=O)NC(C)C1CC2CCC1C2. The summed E-state index contributed by atoms with van der Waals surface area (Å²) in [7, 11) is 1.58. The van der Waals surface area contributed by atoms with Gasteiger partial charge in [0, 0.05) is 6.04 Å². The number of urea groups is 1. The first-order valence-electron chi connectivity index (χ1n) is 10.6. The average Bonchev–Trinajstić information content (AvgIpc) is 3.49. The maximum atomic E-state index is 12.3. The smallest absolute Gasteiger partial charge is 0.321 e. The van der Waals surface area contributed by atoms with Crippen LogP contribution in [-0.4, -0.2) is 51.1 Å². The predicted octanol–water partition coefficient (Wildman–Crippen LogP) is 2.72. The molecule has 10 heteroatoms. The number of benzene rings is 1. The van der Waals surface area contributed by atoms with Crippen LogP contribution in [0.3, 0.4) is 0 Å². The average molecular weight is 445 g/mol. The second-order valence-corrected chi connectivity index (χ2v) is 9.43.